The maximum Gasteiger partial charge on any atom is 0.322 e. The quantitative estimate of drug-likeness (QED) is 0.428. The van der Waals surface area contributed by atoms with E-state index in [1.165, 1.54) is 18.3 Å². The number of carbonyl (C=O) groups excluding carboxylic acids is 2. The van der Waals surface area contributed by atoms with Crippen LogP contribution in [0.3, 0.4) is 0 Å². The largest absolute Gasteiger partial charge is 0.468 e. The summed E-state index contributed by atoms with van der Waals surface area (Å²) >= 11 is 0. The van der Waals surface area contributed by atoms with E-state index < -0.39 is 5.41 Å². The van der Waals surface area contributed by atoms with Crippen molar-refractivity contribution < 1.29 is 14.3 Å². The molecule has 1 aliphatic carbocycles. The average molecular weight is 319 g/mol. The summed E-state index contributed by atoms with van der Waals surface area (Å²) < 4.78 is 4.96. The Kier molecular flexibility index (Phi) is 5.66. The molecule has 128 valence electrons. The maximum atomic E-state index is 12.8. The highest BCUT2D eigenvalue weighted by Gasteiger charge is 2.66. The Morgan fingerprint density at radius 2 is 1.87 bits per heavy atom. The molecule has 1 saturated carbocycles. The van der Waals surface area contributed by atoms with Crippen LogP contribution in [0.5, 0.6) is 0 Å². The van der Waals surface area contributed by atoms with Crippen LogP contribution in [0, 0.1) is 11.3 Å². The third-order valence-electron chi connectivity index (χ3n) is 4.92. The molecule has 0 spiro atoms. The Hall–Kier alpha value is -1.58. The van der Waals surface area contributed by atoms with E-state index in [9.17, 15) is 9.59 Å². The Morgan fingerprint density at radius 1 is 1.22 bits per heavy atom. The monoisotopic (exact) mass is 319 g/mol. The maximum absolute atomic E-state index is 12.8. The summed E-state index contributed by atoms with van der Waals surface area (Å²) in [6, 6.07) is 0. The van der Waals surface area contributed by atoms with E-state index in [1.807, 2.05) is 4.90 Å². The van der Waals surface area contributed by atoms with Gasteiger partial charge in [0.25, 0.3) is 0 Å². The molecule has 0 aromatic heterocycles. The zero-order chi connectivity index (χ0) is 17.0. The van der Waals surface area contributed by atoms with E-state index in [0.29, 0.717) is 6.42 Å². The lowest BCUT2D eigenvalue weighted by atomic mass is 9.99. The SMILES string of the molecule is COC(=O)[C@]1(C(=O)N2CCCC2)C[C@@H]1/C=C(\C)CCC=C(C)C. The van der Waals surface area contributed by atoms with Gasteiger partial charge in [-0.3, -0.25) is 9.59 Å². The van der Waals surface area contributed by atoms with Crippen LogP contribution in [0.1, 0.15) is 52.9 Å². The van der Waals surface area contributed by atoms with Gasteiger partial charge in [-0.1, -0.05) is 23.3 Å². The van der Waals surface area contributed by atoms with Crippen LogP contribution >= 0.6 is 0 Å². The molecule has 2 fully saturated rings. The fraction of sp³-hybridized carbons (Fsp3) is 0.684. The predicted molar refractivity (Wildman–Crippen MR) is 90.8 cm³/mol. The van der Waals surface area contributed by atoms with Crippen LogP contribution in [0.2, 0.25) is 0 Å². The topological polar surface area (TPSA) is 46.6 Å². The van der Waals surface area contributed by atoms with Gasteiger partial charge >= 0.3 is 5.97 Å². The minimum absolute atomic E-state index is 0.00486. The van der Waals surface area contributed by atoms with Crippen molar-refractivity contribution in [2.24, 2.45) is 11.3 Å². The van der Waals surface area contributed by atoms with Gasteiger partial charge in [-0.25, -0.2) is 0 Å². The molecule has 2 rings (SSSR count). The fourth-order valence-electron chi connectivity index (χ4n) is 3.46. The predicted octanol–water partition coefficient (Wildman–Crippen LogP) is 3.48. The van der Waals surface area contributed by atoms with Gasteiger partial charge in [-0.2, -0.15) is 0 Å². The average Bonchev–Trinajstić information content (AvgIpc) is 2.97. The zero-order valence-corrected chi connectivity index (χ0v) is 14.9. The van der Waals surface area contributed by atoms with Crippen molar-refractivity contribution >= 4 is 11.9 Å². The van der Waals surface area contributed by atoms with Crippen LogP contribution < -0.4 is 0 Å². The van der Waals surface area contributed by atoms with Crippen LogP contribution in [-0.2, 0) is 14.3 Å². The lowest BCUT2D eigenvalue weighted by Gasteiger charge is -2.21. The second-order valence-electron chi connectivity index (χ2n) is 7.11. The number of ether oxygens (including phenoxy) is 1. The molecule has 4 heteroatoms. The molecule has 23 heavy (non-hydrogen) atoms. The Labute approximate surface area is 139 Å². The first-order valence-corrected chi connectivity index (χ1v) is 8.60. The van der Waals surface area contributed by atoms with Gasteiger partial charge in [-0.05, 0) is 52.9 Å². The smallest absolute Gasteiger partial charge is 0.322 e. The van der Waals surface area contributed by atoms with Gasteiger partial charge in [0.2, 0.25) is 5.91 Å². The molecule has 4 nitrogen and oxygen atoms in total. The summed E-state index contributed by atoms with van der Waals surface area (Å²) in [7, 11) is 1.38. The molecule has 1 saturated heterocycles. The third kappa shape index (κ3) is 3.85. The van der Waals surface area contributed by atoms with Crippen LogP contribution in [0.15, 0.2) is 23.3 Å². The first-order valence-electron chi connectivity index (χ1n) is 8.60. The van der Waals surface area contributed by atoms with Gasteiger partial charge in [0.05, 0.1) is 7.11 Å². The van der Waals surface area contributed by atoms with Crippen molar-refractivity contribution in [2.45, 2.75) is 52.9 Å². The number of carbonyl (C=O) groups is 2. The first-order chi connectivity index (χ1) is 10.9. The van der Waals surface area contributed by atoms with E-state index in [1.54, 1.807) is 0 Å². The Bertz CT molecular complexity index is 525. The number of hydrogen-bond donors (Lipinski definition) is 0. The highest BCUT2D eigenvalue weighted by Crippen LogP contribution is 2.56. The Balaban J connectivity index is 2.06. The number of amides is 1. The van der Waals surface area contributed by atoms with E-state index in [-0.39, 0.29) is 17.8 Å². The third-order valence-corrected chi connectivity index (χ3v) is 4.92. The summed E-state index contributed by atoms with van der Waals surface area (Å²) in [5.74, 6) is -0.400. The molecule has 0 aromatic rings. The van der Waals surface area contributed by atoms with Crippen LogP contribution in [0.4, 0.5) is 0 Å². The van der Waals surface area contributed by atoms with Crippen molar-refractivity contribution in [3.63, 3.8) is 0 Å². The van der Waals surface area contributed by atoms with Gasteiger partial charge in [0.1, 0.15) is 0 Å². The lowest BCUT2D eigenvalue weighted by Crippen LogP contribution is -2.40. The van der Waals surface area contributed by atoms with Crippen molar-refractivity contribution in [2.75, 3.05) is 20.2 Å². The standard InChI is InChI=1S/C19H29NO3/c1-14(2)8-7-9-15(3)12-16-13-19(16,18(22)23-4)17(21)20-10-5-6-11-20/h8,12,16H,5-7,9-11,13H2,1-4H3/b15-12+/t16-,19+/m0/s1. The van der Waals surface area contributed by atoms with Crippen molar-refractivity contribution in [1.29, 1.82) is 0 Å². The molecule has 0 aromatic carbocycles. The molecule has 2 aliphatic rings. The summed E-state index contributed by atoms with van der Waals surface area (Å²) in [5.41, 5.74) is 1.61. The van der Waals surface area contributed by atoms with E-state index in [0.717, 1.165) is 38.8 Å². The van der Waals surface area contributed by atoms with Crippen LogP contribution in [0.25, 0.3) is 0 Å². The van der Waals surface area contributed by atoms with E-state index in [2.05, 4.69) is 32.9 Å². The second kappa shape index (κ2) is 7.33. The molecular formula is C19H29NO3. The highest BCUT2D eigenvalue weighted by molar-refractivity contribution is 6.06. The minimum atomic E-state index is -0.948. The molecule has 0 unspecified atom stereocenters. The number of rotatable bonds is 6. The van der Waals surface area contributed by atoms with Crippen molar-refractivity contribution in [1.82, 2.24) is 4.90 Å². The zero-order valence-electron chi connectivity index (χ0n) is 14.9. The van der Waals surface area contributed by atoms with E-state index >= 15 is 0 Å². The molecule has 0 radical (unpaired) electrons. The number of allylic oxidation sites excluding steroid dienone is 4. The highest BCUT2D eigenvalue weighted by atomic mass is 16.5. The molecule has 1 aliphatic heterocycles. The molecule has 2 atom stereocenters. The normalized spacial score (nSPS) is 26.9. The van der Waals surface area contributed by atoms with Gasteiger partial charge in [0.15, 0.2) is 5.41 Å². The second-order valence-corrected chi connectivity index (χ2v) is 7.11. The molecule has 0 N–H and O–H groups in total. The summed E-state index contributed by atoms with van der Waals surface area (Å²) in [4.78, 5) is 26.9. The number of methoxy groups -OCH3 is 1. The van der Waals surface area contributed by atoms with Gasteiger partial charge in [-0.15, -0.1) is 0 Å². The molecular weight excluding hydrogens is 290 g/mol. The fourth-order valence-corrected chi connectivity index (χ4v) is 3.46. The van der Waals surface area contributed by atoms with E-state index in [4.69, 9.17) is 4.74 Å². The molecule has 0 bridgehead atoms. The molecule has 1 heterocycles. The summed E-state index contributed by atoms with van der Waals surface area (Å²) in [6.07, 6.45) is 8.96. The lowest BCUT2D eigenvalue weighted by molar-refractivity contribution is -0.156. The summed E-state index contributed by atoms with van der Waals surface area (Å²) in [5, 5.41) is 0. The minimum Gasteiger partial charge on any atom is -0.468 e. The number of nitrogens with zero attached hydrogens (tertiary/aromatic N) is 1. The van der Waals surface area contributed by atoms with Crippen LogP contribution in [-0.4, -0.2) is 37.0 Å². The van der Waals surface area contributed by atoms with Gasteiger partial charge < -0.3 is 9.64 Å². The number of esters is 1. The van der Waals surface area contributed by atoms with Crippen molar-refractivity contribution in [3.05, 3.63) is 23.3 Å². The summed E-state index contributed by atoms with van der Waals surface area (Å²) in [6.45, 7) is 7.81. The first kappa shape index (κ1) is 17.8. The molecule has 1 amide bonds. The number of likely N-dealkylation sites (tertiary alicyclic amines) is 1. The van der Waals surface area contributed by atoms with Gasteiger partial charge in [0, 0.05) is 19.0 Å². The van der Waals surface area contributed by atoms with Crippen molar-refractivity contribution in [3.8, 4) is 0 Å². The number of hydrogen-bond acceptors (Lipinski definition) is 3. The Morgan fingerprint density at radius 3 is 2.43 bits per heavy atom.